The SMILES string of the molecule is CC(C)(C)OC(=O)[C@H]1Nc2c(cccc2[N+](=O)[O-])[C@H]2C=CC[C@@H]12. The van der Waals surface area contributed by atoms with E-state index >= 15 is 0 Å². The van der Waals surface area contributed by atoms with Crippen LogP contribution in [-0.2, 0) is 9.53 Å². The number of esters is 1. The van der Waals surface area contributed by atoms with Crippen molar-refractivity contribution in [1.29, 1.82) is 0 Å². The predicted molar refractivity (Wildman–Crippen MR) is 86.3 cm³/mol. The van der Waals surface area contributed by atoms with Crippen molar-refractivity contribution in [1.82, 2.24) is 0 Å². The number of hydrogen-bond donors (Lipinski definition) is 1. The van der Waals surface area contributed by atoms with E-state index in [0.29, 0.717) is 5.69 Å². The number of hydrogen-bond acceptors (Lipinski definition) is 5. The van der Waals surface area contributed by atoms with Gasteiger partial charge in [0.2, 0.25) is 0 Å². The third kappa shape index (κ3) is 2.81. The highest BCUT2D eigenvalue weighted by Gasteiger charge is 2.44. The van der Waals surface area contributed by atoms with E-state index in [1.807, 2.05) is 39.0 Å². The minimum absolute atomic E-state index is 0.00340. The van der Waals surface area contributed by atoms with Crippen LogP contribution in [0.15, 0.2) is 30.4 Å². The van der Waals surface area contributed by atoms with Gasteiger partial charge in [0.05, 0.1) is 4.92 Å². The zero-order chi connectivity index (χ0) is 16.8. The van der Waals surface area contributed by atoms with Crippen LogP contribution in [0.3, 0.4) is 0 Å². The van der Waals surface area contributed by atoms with Crippen LogP contribution in [0.1, 0.15) is 38.7 Å². The van der Waals surface area contributed by atoms with Gasteiger partial charge < -0.3 is 10.1 Å². The van der Waals surface area contributed by atoms with Gasteiger partial charge in [0.15, 0.2) is 0 Å². The molecule has 2 aliphatic rings. The number of ether oxygens (including phenoxy) is 1. The molecule has 3 atom stereocenters. The molecule has 23 heavy (non-hydrogen) atoms. The summed E-state index contributed by atoms with van der Waals surface area (Å²) in [6.07, 6.45) is 4.82. The fourth-order valence-electron chi connectivity index (χ4n) is 3.36. The molecule has 1 N–H and O–H groups in total. The first-order chi connectivity index (χ1) is 10.8. The molecule has 6 heteroatoms. The summed E-state index contributed by atoms with van der Waals surface area (Å²) in [5.41, 5.74) is 0.706. The van der Waals surface area contributed by atoms with E-state index in [4.69, 9.17) is 4.74 Å². The number of nitro groups is 1. The third-order valence-electron chi connectivity index (χ3n) is 4.23. The van der Waals surface area contributed by atoms with Gasteiger partial charge in [-0.3, -0.25) is 10.1 Å². The number of benzene rings is 1. The van der Waals surface area contributed by atoms with Gasteiger partial charge in [0.1, 0.15) is 17.3 Å². The summed E-state index contributed by atoms with van der Waals surface area (Å²) in [4.78, 5) is 23.4. The zero-order valence-electron chi connectivity index (χ0n) is 13.4. The molecule has 0 unspecified atom stereocenters. The molecule has 0 aromatic heterocycles. The minimum Gasteiger partial charge on any atom is -0.458 e. The number of nitro benzene ring substituents is 1. The molecule has 1 aliphatic carbocycles. The normalized spacial score (nSPS) is 25.3. The van der Waals surface area contributed by atoms with E-state index in [1.54, 1.807) is 6.07 Å². The number of anilines is 1. The lowest BCUT2D eigenvalue weighted by molar-refractivity contribution is -0.384. The first-order valence-electron chi connectivity index (χ1n) is 7.71. The summed E-state index contributed by atoms with van der Waals surface area (Å²) < 4.78 is 5.50. The van der Waals surface area contributed by atoms with Crippen molar-refractivity contribution in [3.63, 3.8) is 0 Å². The lowest BCUT2D eigenvalue weighted by Crippen LogP contribution is -2.45. The highest BCUT2D eigenvalue weighted by Crippen LogP contribution is 2.47. The summed E-state index contributed by atoms with van der Waals surface area (Å²) in [5.74, 6) is -0.331. The fraction of sp³-hybridized carbons (Fsp3) is 0.471. The summed E-state index contributed by atoms with van der Waals surface area (Å²) in [5, 5.41) is 14.4. The Balaban J connectivity index is 2.01. The number of carbonyl (C=O) groups is 1. The molecule has 0 radical (unpaired) electrons. The smallest absolute Gasteiger partial charge is 0.329 e. The van der Waals surface area contributed by atoms with Gasteiger partial charge in [0.25, 0.3) is 5.69 Å². The molecule has 1 aromatic rings. The zero-order valence-corrected chi connectivity index (χ0v) is 13.4. The van der Waals surface area contributed by atoms with Crippen molar-refractivity contribution in [3.05, 3.63) is 46.0 Å². The average molecular weight is 316 g/mol. The van der Waals surface area contributed by atoms with Crippen LogP contribution in [0.5, 0.6) is 0 Å². The molecule has 1 aliphatic heterocycles. The molecule has 0 bridgehead atoms. The summed E-state index contributed by atoms with van der Waals surface area (Å²) in [6, 6.07) is 4.45. The van der Waals surface area contributed by atoms with Gasteiger partial charge in [-0.15, -0.1) is 0 Å². The molecule has 0 saturated heterocycles. The van der Waals surface area contributed by atoms with E-state index in [9.17, 15) is 14.9 Å². The van der Waals surface area contributed by atoms with Crippen molar-refractivity contribution in [2.45, 2.75) is 44.8 Å². The second-order valence-electron chi connectivity index (χ2n) is 7.01. The number of carbonyl (C=O) groups excluding carboxylic acids is 1. The maximum atomic E-state index is 12.6. The van der Waals surface area contributed by atoms with Crippen molar-refractivity contribution >= 4 is 17.3 Å². The Hall–Kier alpha value is -2.37. The summed E-state index contributed by atoms with van der Waals surface area (Å²) >= 11 is 0. The molecule has 1 heterocycles. The lowest BCUT2D eigenvalue weighted by atomic mass is 9.79. The fourth-order valence-corrected chi connectivity index (χ4v) is 3.36. The highest BCUT2D eigenvalue weighted by molar-refractivity contribution is 5.84. The average Bonchev–Trinajstić information content (AvgIpc) is 2.93. The Kier molecular flexibility index (Phi) is 3.62. The number of allylic oxidation sites excluding steroid dienone is 2. The maximum absolute atomic E-state index is 12.6. The highest BCUT2D eigenvalue weighted by atomic mass is 16.6. The van der Waals surface area contributed by atoms with E-state index < -0.39 is 16.6 Å². The van der Waals surface area contributed by atoms with Crippen LogP contribution in [0.25, 0.3) is 0 Å². The van der Waals surface area contributed by atoms with Crippen molar-refractivity contribution in [2.24, 2.45) is 5.92 Å². The molecular weight excluding hydrogens is 296 g/mol. The van der Waals surface area contributed by atoms with E-state index in [0.717, 1.165) is 12.0 Å². The second-order valence-corrected chi connectivity index (χ2v) is 7.01. The topological polar surface area (TPSA) is 81.5 Å². The van der Waals surface area contributed by atoms with Crippen molar-refractivity contribution in [2.75, 3.05) is 5.32 Å². The van der Waals surface area contributed by atoms with Gasteiger partial charge in [-0.05, 0) is 32.8 Å². The number of rotatable bonds is 2. The van der Waals surface area contributed by atoms with Gasteiger partial charge in [0, 0.05) is 17.9 Å². The molecule has 1 aromatic carbocycles. The summed E-state index contributed by atoms with van der Waals surface area (Å²) in [6.45, 7) is 5.44. The minimum atomic E-state index is -0.594. The standard InChI is InChI=1S/C17H20N2O4/c1-17(2,3)23-16(20)15-12-7-4-6-10(12)11-8-5-9-13(19(21)22)14(11)18-15/h4-6,8-10,12,15,18H,7H2,1-3H3/t10-,12-,15+/m1/s1. The molecule has 122 valence electrons. The van der Waals surface area contributed by atoms with E-state index in [-0.39, 0.29) is 23.5 Å². The van der Waals surface area contributed by atoms with Gasteiger partial charge >= 0.3 is 5.97 Å². The first-order valence-corrected chi connectivity index (χ1v) is 7.71. The Morgan fingerprint density at radius 1 is 1.39 bits per heavy atom. The van der Waals surface area contributed by atoms with E-state index in [2.05, 4.69) is 5.32 Å². The Labute approximate surface area is 134 Å². The molecule has 0 amide bonds. The number of nitrogens with one attached hydrogen (secondary N) is 1. The third-order valence-corrected chi connectivity index (χ3v) is 4.23. The Morgan fingerprint density at radius 3 is 2.78 bits per heavy atom. The van der Waals surface area contributed by atoms with Crippen LogP contribution < -0.4 is 5.32 Å². The largest absolute Gasteiger partial charge is 0.458 e. The van der Waals surface area contributed by atoms with Crippen molar-refractivity contribution < 1.29 is 14.5 Å². The Morgan fingerprint density at radius 2 is 2.13 bits per heavy atom. The number of nitrogens with zero attached hydrogens (tertiary/aromatic N) is 1. The van der Waals surface area contributed by atoms with Crippen LogP contribution in [0, 0.1) is 16.0 Å². The van der Waals surface area contributed by atoms with Gasteiger partial charge in [-0.2, -0.15) is 0 Å². The first kappa shape index (κ1) is 15.5. The predicted octanol–water partition coefficient (Wildman–Crippen LogP) is 3.39. The van der Waals surface area contributed by atoms with Crippen LogP contribution in [-0.4, -0.2) is 22.5 Å². The Bertz CT molecular complexity index is 690. The quantitative estimate of drug-likeness (QED) is 0.391. The molecule has 3 rings (SSSR count). The van der Waals surface area contributed by atoms with Gasteiger partial charge in [-0.1, -0.05) is 24.3 Å². The second kappa shape index (κ2) is 5.37. The van der Waals surface area contributed by atoms with Crippen LogP contribution >= 0.6 is 0 Å². The number of fused-ring (bicyclic) bond motifs is 3. The van der Waals surface area contributed by atoms with Crippen LogP contribution in [0.2, 0.25) is 0 Å². The number of para-hydroxylation sites is 1. The molecular formula is C17H20N2O4. The molecule has 6 nitrogen and oxygen atoms in total. The van der Waals surface area contributed by atoms with Crippen molar-refractivity contribution in [3.8, 4) is 0 Å². The van der Waals surface area contributed by atoms with E-state index in [1.165, 1.54) is 6.07 Å². The lowest BCUT2D eigenvalue weighted by Gasteiger charge is -2.36. The molecule has 0 fully saturated rings. The summed E-state index contributed by atoms with van der Waals surface area (Å²) in [7, 11) is 0. The molecule has 0 saturated carbocycles. The van der Waals surface area contributed by atoms with Gasteiger partial charge in [-0.25, -0.2) is 4.79 Å². The van der Waals surface area contributed by atoms with Crippen LogP contribution in [0.4, 0.5) is 11.4 Å². The molecule has 0 spiro atoms. The maximum Gasteiger partial charge on any atom is 0.329 e. The monoisotopic (exact) mass is 316 g/mol.